The van der Waals surface area contributed by atoms with E-state index in [0.717, 1.165) is 6.42 Å². The molecule has 0 amide bonds. The summed E-state index contributed by atoms with van der Waals surface area (Å²) in [6.07, 6.45) is 0.988. The van der Waals surface area contributed by atoms with Gasteiger partial charge in [-0.2, -0.15) is 0 Å². The molecular weight excluding hydrogens is 637 g/mol. The van der Waals surface area contributed by atoms with Crippen LogP contribution in [0.1, 0.15) is 56.3 Å². The second-order valence-electron chi connectivity index (χ2n) is 15.1. The third-order valence-corrected chi connectivity index (χ3v) is 12.5. The van der Waals surface area contributed by atoms with Gasteiger partial charge < -0.3 is 0 Å². The van der Waals surface area contributed by atoms with Crippen LogP contribution in [0, 0.1) is 0 Å². The average Bonchev–Trinajstić information content (AvgIpc) is 3.88. The number of hydrogen-bond acceptors (Lipinski definition) is 0. The highest BCUT2D eigenvalue weighted by molar-refractivity contribution is 5.94. The van der Waals surface area contributed by atoms with Crippen LogP contribution in [0.4, 0.5) is 0 Å². The smallest absolute Gasteiger partial charge is 0.0358 e. The van der Waals surface area contributed by atoms with Gasteiger partial charge in [0, 0.05) is 11.8 Å². The Morgan fingerprint density at radius 3 is 1.83 bits per heavy atom. The zero-order chi connectivity index (χ0) is 34.6. The lowest BCUT2D eigenvalue weighted by molar-refractivity contribution is 0.993. The van der Waals surface area contributed by atoms with Crippen molar-refractivity contribution >= 4 is 21.5 Å². The third-order valence-electron chi connectivity index (χ3n) is 12.5. The van der Waals surface area contributed by atoms with Gasteiger partial charge in [-0.3, -0.25) is 0 Å². The average molecular weight is 671 g/mol. The molecule has 0 fully saturated rings. The molecular formula is C53H34. The van der Waals surface area contributed by atoms with E-state index in [1.54, 1.807) is 0 Å². The molecule has 0 radical (unpaired) electrons. The highest BCUT2D eigenvalue weighted by atomic mass is 14.4. The summed E-state index contributed by atoms with van der Waals surface area (Å²) in [6, 6.07) is 68.8. The van der Waals surface area contributed by atoms with E-state index >= 15 is 0 Å². The lowest BCUT2D eigenvalue weighted by Crippen LogP contribution is -2.03. The van der Waals surface area contributed by atoms with E-state index in [2.05, 4.69) is 182 Å². The predicted octanol–water partition coefficient (Wildman–Crippen LogP) is 13.6. The van der Waals surface area contributed by atoms with Gasteiger partial charge >= 0.3 is 0 Å². The van der Waals surface area contributed by atoms with Gasteiger partial charge in [0.25, 0.3) is 0 Å². The summed E-state index contributed by atoms with van der Waals surface area (Å²) in [5, 5.41) is 5.21. The molecule has 0 aromatic heterocycles. The van der Waals surface area contributed by atoms with Gasteiger partial charge in [0.2, 0.25) is 0 Å². The second-order valence-corrected chi connectivity index (χ2v) is 15.1. The maximum atomic E-state index is 2.48. The van der Waals surface area contributed by atoms with Crippen molar-refractivity contribution in [3.63, 3.8) is 0 Å². The van der Waals surface area contributed by atoms with E-state index in [1.165, 1.54) is 111 Å². The summed E-state index contributed by atoms with van der Waals surface area (Å²) in [6.45, 7) is 0. The summed E-state index contributed by atoms with van der Waals surface area (Å²) in [4.78, 5) is 0. The fraction of sp³-hybridized carbons (Fsp3) is 0.0566. The van der Waals surface area contributed by atoms with Crippen LogP contribution in [0.3, 0.4) is 0 Å². The second kappa shape index (κ2) is 11.0. The normalized spacial score (nSPS) is 15.8. The van der Waals surface area contributed by atoms with Gasteiger partial charge in [0.1, 0.15) is 0 Å². The Morgan fingerprint density at radius 2 is 0.962 bits per heavy atom. The molecule has 2 unspecified atom stereocenters. The Balaban J connectivity index is 1.02. The minimum absolute atomic E-state index is 0.191. The van der Waals surface area contributed by atoms with Crippen LogP contribution in [-0.2, 0) is 6.42 Å². The molecule has 9 aromatic rings. The molecule has 0 bridgehead atoms. The maximum Gasteiger partial charge on any atom is 0.0358 e. The first-order valence-corrected chi connectivity index (χ1v) is 18.9. The highest BCUT2D eigenvalue weighted by Crippen LogP contribution is 2.55. The Bertz CT molecular complexity index is 2990. The summed E-state index contributed by atoms with van der Waals surface area (Å²) in [7, 11) is 0. The maximum absolute atomic E-state index is 2.48. The minimum Gasteiger partial charge on any atom is -0.0619 e. The fourth-order valence-corrected chi connectivity index (χ4v) is 10.1. The zero-order valence-electron chi connectivity index (χ0n) is 29.2. The summed E-state index contributed by atoms with van der Waals surface area (Å²) in [5.74, 6) is 0.401. The summed E-state index contributed by atoms with van der Waals surface area (Å²) < 4.78 is 0. The largest absolute Gasteiger partial charge is 0.0619 e. The molecule has 0 nitrogen and oxygen atoms in total. The molecule has 0 N–H and O–H groups in total. The first-order valence-electron chi connectivity index (χ1n) is 18.9. The van der Waals surface area contributed by atoms with Crippen molar-refractivity contribution in [2.24, 2.45) is 0 Å². The van der Waals surface area contributed by atoms with Crippen molar-refractivity contribution in [1.29, 1.82) is 0 Å². The van der Waals surface area contributed by atoms with E-state index < -0.39 is 0 Å². The minimum atomic E-state index is 0.191. The molecule has 12 rings (SSSR count). The van der Waals surface area contributed by atoms with Crippen LogP contribution in [0.5, 0.6) is 0 Å². The zero-order valence-corrected chi connectivity index (χ0v) is 29.2. The van der Waals surface area contributed by atoms with Crippen molar-refractivity contribution < 1.29 is 0 Å². The van der Waals surface area contributed by atoms with Crippen molar-refractivity contribution in [3.8, 4) is 44.5 Å². The van der Waals surface area contributed by atoms with E-state index in [1.807, 2.05) is 0 Å². The number of fused-ring (bicyclic) bond motifs is 12. The van der Waals surface area contributed by atoms with Crippen molar-refractivity contribution in [1.82, 2.24) is 0 Å². The summed E-state index contributed by atoms with van der Waals surface area (Å²) >= 11 is 0. The molecule has 0 saturated carbocycles. The van der Waals surface area contributed by atoms with Gasteiger partial charge in [-0.1, -0.05) is 170 Å². The van der Waals surface area contributed by atoms with Crippen molar-refractivity contribution in [2.75, 3.05) is 0 Å². The molecule has 0 spiro atoms. The Hall–Kier alpha value is -6.50. The molecule has 0 saturated heterocycles. The van der Waals surface area contributed by atoms with Crippen LogP contribution in [0.15, 0.2) is 182 Å². The molecule has 0 aliphatic heterocycles. The Kier molecular flexibility index (Phi) is 6.04. The first-order chi connectivity index (χ1) is 26.3. The van der Waals surface area contributed by atoms with Crippen LogP contribution >= 0.6 is 0 Å². The van der Waals surface area contributed by atoms with Gasteiger partial charge in [0.15, 0.2) is 0 Å². The van der Waals surface area contributed by atoms with E-state index in [9.17, 15) is 0 Å². The van der Waals surface area contributed by atoms with Crippen LogP contribution < -0.4 is 0 Å². The topological polar surface area (TPSA) is 0 Å². The number of hydrogen-bond donors (Lipinski definition) is 0. The molecule has 0 heterocycles. The standard InChI is InChI=1S/C53H34/c1-2-12-34-28-38(21-20-32(34)10-1)51-45-24-22-36(30-49(45)47-27-26-42-40-16-6-4-13-37(40)31-50(42)53(47)51)35-23-25-46-48(29-35)41-17-7-8-18-44(41)52(46)43-19-9-14-33-11-3-5-15-39(33)43/h1-30,51-52H,31H2. The molecule has 2 atom stereocenters. The molecule has 0 heteroatoms. The molecule has 53 heavy (non-hydrogen) atoms. The quantitative estimate of drug-likeness (QED) is 0.175. The van der Waals surface area contributed by atoms with Gasteiger partial charge in [0.05, 0.1) is 0 Å². The Labute approximate surface area is 309 Å². The summed E-state index contributed by atoms with van der Waals surface area (Å²) in [5.41, 5.74) is 22.1. The van der Waals surface area contributed by atoms with Gasteiger partial charge in [-0.05, 0) is 129 Å². The SMILES string of the molecule is c1ccc2c(c1)Cc1c-2ccc2c1C(c1ccc3ccccc3c1)c1ccc(-c3ccc4c(c3)-c3ccccc3C4c3cccc4ccccc34)cc1-2. The highest BCUT2D eigenvalue weighted by Gasteiger charge is 2.36. The van der Waals surface area contributed by atoms with E-state index in [4.69, 9.17) is 0 Å². The third kappa shape index (κ3) is 4.18. The Morgan fingerprint density at radius 1 is 0.340 bits per heavy atom. The van der Waals surface area contributed by atoms with Gasteiger partial charge in [-0.25, -0.2) is 0 Å². The fourth-order valence-electron chi connectivity index (χ4n) is 10.1. The van der Waals surface area contributed by atoms with Gasteiger partial charge in [-0.15, -0.1) is 0 Å². The lowest BCUT2D eigenvalue weighted by Gasteiger charge is -2.19. The van der Waals surface area contributed by atoms with E-state index in [-0.39, 0.29) is 11.8 Å². The monoisotopic (exact) mass is 670 g/mol. The molecule has 246 valence electrons. The lowest BCUT2D eigenvalue weighted by atomic mass is 9.84. The van der Waals surface area contributed by atoms with Crippen LogP contribution in [0.25, 0.3) is 66.1 Å². The van der Waals surface area contributed by atoms with Crippen molar-refractivity contribution in [3.05, 3.63) is 226 Å². The number of rotatable bonds is 3. The van der Waals surface area contributed by atoms with E-state index in [0.29, 0.717) is 0 Å². The predicted molar refractivity (Wildman–Crippen MR) is 221 cm³/mol. The molecule has 3 aliphatic carbocycles. The molecule has 9 aromatic carbocycles. The molecule has 3 aliphatic rings. The van der Waals surface area contributed by atoms with Crippen molar-refractivity contribution in [2.45, 2.75) is 18.3 Å². The number of benzene rings is 9. The first kappa shape index (κ1) is 29.1. The van der Waals surface area contributed by atoms with Crippen LogP contribution in [-0.4, -0.2) is 0 Å². The van der Waals surface area contributed by atoms with Crippen LogP contribution in [0.2, 0.25) is 0 Å².